The van der Waals surface area contributed by atoms with Crippen molar-refractivity contribution in [1.82, 2.24) is 10.2 Å². The van der Waals surface area contributed by atoms with E-state index in [2.05, 4.69) is 5.32 Å². The molecular formula is C12H23ClN2O3. The maximum Gasteiger partial charge on any atom is 0.225 e. The van der Waals surface area contributed by atoms with E-state index in [1.165, 1.54) is 0 Å². The lowest BCUT2D eigenvalue weighted by Gasteiger charge is -2.33. The largest absolute Gasteiger partial charge is 0.380 e. The van der Waals surface area contributed by atoms with Crippen molar-refractivity contribution in [3.63, 3.8) is 0 Å². The summed E-state index contributed by atoms with van der Waals surface area (Å²) in [6.07, 6.45) is 2.83. The fraction of sp³-hybridized carbons (Fsp3) is 0.917. The first-order chi connectivity index (χ1) is 8.29. The van der Waals surface area contributed by atoms with Gasteiger partial charge < -0.3 is 19.7 Å². The van der Waals surface area contributed by atoms with Gasteiger partial charge in [0.25, 0.3) is 0 Å². The fourth-order valence-electron chi connectivity index (χ4n) is 2.43. The molecule has 2 aliphatic heterocycles. The Morgan fingerprint density at radius 3 is 3.06 bits per heavy atom. The molecule has 0 aromatic carbocycles. The lowest BCUT2D eigenvalue weighted by molar-refractivity contribution is -0.138. The molecule has 18 heavy (non-hydrogen) atoms. The van der Waals surface area contributed by atoms with Gasteiger partial charge in [-0.05, 0) is 12.8 Å². The van der Waals surface area contributed by atoms with E-state index in [1.54, 1.807) is 7.11 Å². The Morgan fingerprint density at radius 1 is 1.56 bits per heavy atom. The number of likely N-dealkylation sites (tertiary alicyclic amines) is 1. The van der Waals surface area contributed by atoms with Gasteiger partial charge in [0.2, 0.25) is 5.91 Å². The summed E-state index contributed by atoms with van der Waals surface area (Å²) in [5.41, 5.74) is 0. The van der Waals surface area contributed by atoms with Gasteiger partial charge >= 0.3 is 0 Å². The summed E-state index contributed by atoms with van der Waals surface area (Å²) in [4.78, 5) is 14.0. The van der Waals surface area contributed by atoms with E-state index in [9.17, 15) is 4.79 Å². The monoisotopic (exact) mass is 278 g/mol. The highest BCUT2D eigenvalue weighted by Gasteiger charge is 2.26. The van der Waals surface area contributed by atoms with Crippen molar-refractivity contribution < 1.29 is 14.3 Å². The first-order valence-corrected chi connectivity index (χ1v) is 6.42. The predicted octanol–water partition coefficient (Wildman–Crippen LogP) is 0.424. The third kappa shape index (κ3) is 4.39. The highest BCUT2D eigenvalue weighted by molar-refractivity contribution is 5.85. The molecule has 2 atom stereocenters. The molecule has 0 aromatic heterocycles. The van der Waals surface area contributed by atoms with Crippen molar-refractivity contribution in [1.29, 1.82) is 0 Å². The summed E-state index contributed by atoms with van der Waals surface area (Å²) in [5, 5.41) is 3.24. The summed E-state index contributed by atoms with van der Waals surface area (Å²) in [7, 11) is 1.72. The van der Waals surface area contributed by atoms with E-state index >= 15 is 0 Å². The number of hydrogen-bond donors (Lipinski definition) is 1. The van der Waals surface area contributed by atoms with Gasteiger partial charge in [0, 0.05) is 33.3 Å². The maximum absolute atomic E-state index is 12.1. The molecule has 0 radical (unpaired) electrons. The number of amides is 1. The normalized spacial score (nSPS) is 28.6. The van der Waals surface area contributed by atoms with E-state index in [1.807, 2.05) is 4.90 Å². The Hall–Kier alpha value is -0.360. The topological polar surface area (TPSA) is 50.8 Å². The van der Waals surface area contributed by atoms with Crippen LogP contribution < -0.4 is 5.32 Å². The van der Waals surface area contributed by atoms with Crippen LogP contribution in [-0.2, 0) is 14.3 Å². The smallest absolute Gasteiger partial charge is 0.225 e. The maximum atomic E-state index is 12.1. The minimum atomic E-state index is 0. The quantitative estimate of drug-likeness (QED) is 0.813. The van der Waals surface area contributed by atoms with Gasteiger partial charge in [-0.1, -0.05) is 0 Å². The first-order valence-electron chi connectivity index (χ1n) is 6.42. The second kappa shape index (κ2) is 7.94. The summed E-state index contributed by atoms with van der Waals surface area (Å²) in [5.74, 6) is 0.195. The minimum absolute atomic E-state index is 0. The van der Waals surface area contributed by atoms with Crippen LogP contribution in [0.3, 0.4) is 0 Å². The zero-order valence-electron chi connectivity index (χ0n) is 10.9. The molecule has 2 heterocycles. The summed E-state index contributed by atoms with van der Waals surface area (Å²) >= 11 is 0. The number of morpholine rings is 1. The Kier molecular flexibility index (Phi) is 6.92. The molecule has 2 rings (SSSR count). The number of halogens is 1. The van der Waals surface area contributed by atoms with Gasteiger partial charge in [0.15, 0.2) is 0 Å². The number of hydrogen-bond acceptors (Lipinski definition) is 4. The van der Waals surface area contributed by atoms with Gasteiger partial charge in [-0.15, -0.1) is 12.4 Å². The number of ether oxygens (including phenoxy) is 2. The molecule has 0 aromatic rings. The number of rotatable bonds is 3. The second-order valence-electron chi connectivity index (χ2n) is 4.74. The van der Waals surface area contributed by atoms with Crippen molar-refractivity contribution in [3.8, 4) is 0 Å². The Balaban J connectivity index is 0.00000162. The van der Waals surface area contributed by atoms with Crippen molar-refractivity contribution in [2.45, 2.75) is 31.5 Å². The third-order valence-electron chi connectivity index (χ3n) is 3.47. The molecule has 2 fully saturated rings. The second-order valence-corrected chi connectivity index (χ2v) is 4.74. The van der Waals surface area contributed by atoms with Crippen LogP contribution in [0.25, 0.3) is 0 Å². The molecule has 2 unspecified atom stereocenters. The molecule has 2 saturated heterocycles. The molecule has 1 N–H and O–H groups in total. The molecule has 2 aliphatic rings. The van der Waals surface area contributed by atoms with Crippen molar-refractivity contribution >= 4 is 18.3 Å². The lowest BCUT2D eigenvalue weighted by Crippen LogP contribution is -2.46. The van der Waals surface area contributed by atoms with Gasteiger partial charge in [-0.25, -0.2) is 0 Å². The van der Waals surface area contributed by atoms with Crippen LogP contribution >= 0.6 is 12.4 Å². The fourth-order valence-corrected chi connectivity index (χ4v) is 2.43. The van der Waals surface area contributed by atoms with Crippen LogP contribution in [0.1, 0.15) is 19.3 Å². The predicted molar refractivity (Wildman–Crippen MR) is 71.1 cm³/mol. The average molecular weight is 279 g/mol. The third-order valence-corrected chi connectivity index (χ3v) is 3.47. The van der Waals surface area contributed by atoms with Crippen LogP contribution in [0.4, 0.5) is 0 Å². The summed E-state index contributed by atoms with van der Waals surface area (Å²) in [6.45, 7) is 3.97. The van der Waals surface area contributed by atoms with Crippen molar-refractivity contribution in [3.05, 3.63) is 0 Å². The first kappa shape index (κ1) is 15.7. The highest BCUT2D eigenvalue weighted by Crippen LogP contribution is 2.14. The Bertz CT molecular complexity index is 260. The highest BCUT2D eigenvalue weighted by atomic mass is 35.5. The molecule has 1 amide bonds. The molecule has 5 nitrogen and oxygen atoms in total. The summed E-state index contributed by atoms with van der Waals surface area (Å²) in [6, 6.07) is 0. The minimum Gasteiger partial charge on any atom is -0.380 e. The summed E-state index contributed by atoms with van der Waals surface area (Å²) < 4.78 is 10.9. The number of nitrogens with zero attached hydrogens (tertiary/aromatic N) is 1. The van der Waals surface area contributed by atoms with E-state index < -0.39 is 0 Å². The molecule has 0 saturated carbocycles. The molecule has 106 valence electrons. The van der Waals surface area contributed by atoms with Crippen molar-refractivity contribution in [2.75, 3.05) is 39.9 Å². The molecule has 0 aliphatic carbocycles. The number of piperidine rings is 1. The standard InChI is InChI=1S/C12H22N2O3.ClH/c1-16-10-3-2-5-14(9-10)12(15)7-11-8-13-4-6-17-11;/h10-11,13H,2-9H2,1H3;1H. The SMILES string of the molecule is COC1CCCN(C(=O)CC2CNCCO2)C1.Cl. The van der Waals surface area contributed by atoms with Gasteiger partial charge in [-0.3, -0.25) is 4.79 Å². The molecular weight excluding hydrogens is 256 g/mol. The van der Waals surface area contributed by atoms with Crippen molar-refractivity contribution in [2.24, 2.45) is 0 Å². The Morgan fingerprint density at radius 2 is 2.39 bits per heavy atom. The van der Waals surface area contributed by atoms with E-state index in [0.29, 0.717) is 13.0 Å². The van der Waals surface area contributed by atoms with Crippen LogP contribution in [0.2, 0.25) is 0 Å². The lowest BCUT2D eigenvalue weighted by atomic mass is 10.1. The molecule has 6 heteroatoms. The van der Waals surface area contributed by atoms with Crippen LogP contribution in [-0.4, -0.2) is 62.9 Å². The zero-order chi connectivity index (χ0) is 12.1. The number of nitrogens with one attached hydrogen (secondary N) is 1. The van der Waals surface area contributed by atoms with E-state index in [4.69, 9.17) is 9.47 Å². The number of carbonyl (C=O) groups excluding carboxylic acids is 1. The van der Waals surface area contributed by atoms with Gasteiger partial charge in [-0.2, -0.15) is 0 Å². The molecule has 0 bridgehead atoms. The average Bonchev–Trinajstić information content (AvgIpc) is 2.40. The van der Waals surface area contributed by atoms with E-state index in [0.717, 1.165) is 39.0 Å². The van der Waals surface area contributed by atoms with Gasteiger partial charge in [0.05, 0.1) is 25.2 Å². The van der Waals surface area contributed by atoms with Crippen LogP contribution in [0, 0.1) is 0 Å². The molecule has 0 spiro atoms. The Labute approximate surface area is 115 Å². The van der Waals surface area contributed by atoms with Crippen LogP contribution in [0.15, 0.2) is 0 Å². The number of methoxy groups -OCH3 is 1. The number of carbonyl (C=O) groups is 1. The van der Waals surface area contributed by atoms with Crippen LogP contribution in [0.5, 0.6) is 0 Å². The van der Waals surface area contributed by atoms with Gasteiger partial charge in [0.1, 0.15) is 0 Å². The van der Waals surface area contributed by atoms with E-state index in [-0.39, 0.29) is 30.5 Å². The zero-order valence-corrected chi connectivity index (χ0v) is 11.7.